The monoisotopic (exact) mass is 225 g/mol. The van der Waals surface area contributed by atoms with Crippen molar-refractivity contribution in [2.24, 2.45) is 11.8 Å². The fourth-order valence-electron chi connectivity index (χ4n) is 2.13. The first-order chi connectivity index (χ1) is 6.90. The molecule has 0 heterocycles. The summed E-state index contributed by atoms with van der Waals surface area (Å²) in [6, 6.07) is 0.0427. The van der Waals surface area contributed by atoms with Gasteiger partial charge in [0.2, 0.25) is 0 Å². The molecule has 1 aliphatic rings. The number of hydrogen-bond acceptors (Lipinski definition) is 2. The van der Waals surface area contributed by atoms with Gasteiger partial charge in [0.1, 0.15) is 0 Å². The molecule has 1 rings (SSSR count). The molecule has 2 nitrogen and oxygen atoms in total. The number of nitrogens with one attached hydrogen (secondary N) is 1. The van der Waals surface area contributed by atoms with E-state index in [1.807, 2.05) is 13.8 Å². The minimum atomic E-state index is -4.26. The summed E-state index contributed by atoms with van der Waals surface area (Å²) < 4.78 is 35.5. The van der Waals surface area contributed by atoms with E-state index in [9.17, 15) is 13.2 Å². The van der Waals surface area contributed by atoms with E-state index in [0.717, 1.165) is 19.3 Å². The van der Waals surface area contributed by atoms with Crippen LogP contribution in [-0.4, -0.2) is 18.8 Å². The van der Waals surface area contributed by atoms with Crippen molar-refractivity contribution in [3.8, 4) is 0 Å². The average Bonchev–Trinajstić information content (AvgIpc) is 2.08. The van der Waals surface area contributed by atoms with Crippen LogP contribution in [0.4, 0.5) is 13.2 Å². The highest BCUT2D eigenvalue weighted by atomic mass is 19.4. The molecular weight excluding hydrogens is 207 g/mol. The Hall–Kier alpha value is -0.290. The van der Waals surface area contributed by atoms with Gasteiger partial charge in [0.15, 0.2) is 6.61 Å². The maximum atomic E-state index is 11.8. The van der Waals surface area contributed by atoms with Crippen LogP contribution in [0.3, 0.4) is 0 Å². The standard InChI is InChI=1S/C10H18F3NO/c1-7-4-3-5-8(2)9(7)14-15-6-10(11,12)13/h7-9,14H,3-6H2,1-2H3. The molecule has 0 amide bonds. The summed E-state index contributed by atoms with van der Waals surface area (Å²) in [5, 5.41) is 0. The van der Waals surface area contributed by atoms with Crippen molar-refractivity contribution in [1.82, 2.24) is 5.48 Å². The minimum Gasteiger partial charge on any atom is -0.292 e. The molecule has 90 valence electrons. The second-order valence-electron chi connectivity index (χ2n) is 4.43. The topological polar surface area (TPSA) is 21.3 Å². The van der Waals surface area contributed by atoms with E-state index in [0.29, 0.717) is 11.8 Å². The van der Waals surface area contributed by atoms with Crippen LogP contribution in [-0.2, 0) is 4.84 Å². The SMILES string of the molecule is CC1CCCC(C)C1NOCC(F)(F)F. The van der Waals surface area contributed by atoms with Gasteiger partial charge < -0.3 is 0 Å². The molecule has 2 unspecified atom stereocenters. The van der Waals surface area contributed by atoms with Gasteiger partial charge in [0.25, 0.3) is 0 Å². The van der Waals surface area contributed by atoms with Gasteiger partial charge in [-0.15, -0.1) is 0 Å². The highest BCUT2D eigenvalue weighted by molar-refractivity contribution is 4.80. The van der Waals surface area contributed by atoms with E-state index >= 15 is 0 Å². The number of rotatable bonds is 3. The Morgan fingerprint density at radius 2 is 1.73 bits per heavy atom. The third-order valence-electron chi connectivity index (χ3n) is 3.00. The van der Waals surface area contributed by atoms with E-state index in [1.165, 1.54) is 0 Å². The number of alkyl halides is 3. The highest BCUT2D eigenvalue weighted by Gasteiger charge is 2.31. The van der Waals surface area contributed by atoms with Crippen LogP contribution in [0.2, 0.25) is 0 Å². The molecule has 0 aromatic heterocycles. The second kappa shape index (κ2) is 5.16. The van der Waals surface area contributed by atoms with E-state index in [-0.39, 0.29) is 6.04 Å². The molecule has 1 fully saturated rings. The van der Waals surface area contributed by atoms with Crippen LogP contribution in [0.5, 0.6) is 0 Å². The first-order valence-electron chi connectivity index (χ1n) is 5.34. The largest absolute Gasteiger partial charge is 0.413 e. The lowest BCUT2D eigenvalue weighted by molar-refractivity contribution is -0.197. The van der Waals surface area contributed by atoms with Gasteiger partial charge in [0.05, 0.1) is 0 Å². The van der Waals surface area contributed by atoms with Gasteiger partial charge >= 0.3 is 6.18 Å². The van der Waals surface area contributed by atoms with Crippen LogP contribution in [0, 0.1) is 11.8 Å². The number of hydrogen-bond donors (Lipinski definition) is 1. The van der Waals surface area contributed by atoms with Gasteiger partial charge in [-0.1, -0.05) is 20.3 Å². The molecule has 1 saturated carbocycles. The van der Waals surface area contributed by atoms with E-state index in [1.54, 1.807) is 0 Å². The van der Waals surface area contributed by atoms with Gasteiger partial charge in [-0.25, -0.2) is 0 Å². The first kappa shape index (κ1) is 12.8. The third kappa shape index (κ3) is 4.38. The summed E-state index contributed by atoms with van der Waals surface area (Å²) >= 11 is 0. The maximum Gasteiger partial charge on any atom is 0.413 e. The van der Waals surface area contributed by atoms with Crippen molar-refractivity contribution < 1.29 is 18.0 Å². The van der Waals surface area contributed by atoms with Crippen LogP contribution in [0.25, 0.3) is 0 Å². The molecule has 0 bridgehead atoms. The minimum absolute atomic E-state index is 0.0427. The summed E-state index contributed by atoms with van der Waals surface area (Å²) in [6.45, 7) is 2.87. The molecule has 2 atom stereocenters. The lowest BCUT2D eigenvalue weighted by Crippen LogP contribution is -2.44. The Balaban J connectivity index is 2.29. The Morgan fingerprint density at radius 1 is 1.20 bits per heavy atom. The van der Waals surface area contributed by atoms with Crippen molar-refractivity contribution >= 4 is 0 Å². The zero-order valence-corrected chi connectivity index (χ0v) is 9.10. The molecule has 1 aliphatic carbocycles. The van der Waals surface area contributed by atoms with Crippen molar-refractivity contribution in [3.63, 3.8) is 0 Å². The Kier molecular flexibility index (Phi) is 4.40. The summed E-state index contributed by atoms with van der Waals surface area (Å²) in [5.41, 5.74) is 2.56. The summed E-state index contributed by atoms with van der Waals surface area (Å²) in [5.74, 6) is 0.754. The number of hydroxylamine groups is 1. The molecule has 15 heavy (non-hydrogen) atoms. The Morgan fingerprint density at radius 3 is 2.20 bits per heavy atom. The van der Waals surface area contributed by atoms with Crippen LogP contribution < -0.4 is 5.48 Å². The maximum absolute atomic E-state index is 11.8. The van der Waals surface area contributed by atoms with Crippen molar-refractivity contribution in [1.29, 1.82) is 0 Å². The van der Waals surface area contributed by atoms with Gasteiger partial charge in [-0.2, -0.15) is 18.7 Å². The summed E-state index contributed by atoms with van der Waals surface area (Å²) in [6.07, 6.45) is -0.997. The van der Waals surface area contributed by atoms with Gasteiger partial charge in [0, 0.05) is 6.04 Å². The predicted octanol–water partition coefficient (Wildman–Crippen LogP) is 2.89. The fraction of sp³-hybridized carbons (Fsp3) is 1.00. The van der Waals surface area contributed by atoms with E-state index < -0.39 is 12.8 Å². The zero-order valence-electron chi connectivity index (χ0n) is 9.10. The molecule has 0 radical (unpaired) electrons. The summed E-state index contributed by atoms with van der Waals surface area (Å²) in [7, 11) is 0. The lowest BCUT2D eigenvalue weighted by atomic mass is 9.79. The smallest absolute Gasteiger partial charge is 0.292 e. The first-order valence-corrected chi connectivity index (χ1v) is 5.34. The predicted molar refractivity (Wildman–Crippen MR) is 51.1 cm³/mol. The van der Waals surface area contributed by atoms with Crippen molar-refractivity contribution in [2.45, 2.75) is 45.3 Å². The fourth-order valence-corrected chi connectivity index (χ4v) is 2.13. The van der Waals surface area contributed by atoms with E-state index in [2.05, 4.69) is 10.3 Å². The van der Waals surface area contributed by atoms with Crippen LogP contribution in [0.15, 0.2) is 0 Å². The Labute approximate surface area is 88.1 Å². The molecule has 0 saturated heterocycles. The summed E-state index contributed by atoms with van der Waals surface area (Å²) in [4.78, 5) is 4.50. The number of halogens is 3. The van der Waals surface area contributed by atoms with Crippen LogP contribution >= 0.6 is 0 Å². The molecule has 5 heteroatoms. The average molecular weight is 225 g/mol. The zero-order chi connectivity index (χ0) is 11.5. The molecule has 0 aromatic rings. The van der Waals surface area contributed by atoms with Crippen LogP contribution in [0.1, 0.15) is 33.1 Å². The molecule has 0 aromatic carbocycles. The Bertz CT molecular complexity index is 186. The lowest BCUT2D eigenvalue weighted by Gasteiger charge is -2.34. The quantitative estimate of drug-likeness (QED) is 0.746. The van der Waals surface area contributed by atoms with Gasteiger partial charge in [-0.05, 0) is 24.7 Å². The van der Waals surface area contributed by atoms with Crippen molar-refractivity contribution in [3.05, 3.63) is 0 Å². The van der Waals surface area contributed by atoms with Crippen molar-refractivity contribution in [2.75, 3.05) is 6.61 Å². The normalized spacial score (nSPS) is 33.0. The molecule has 0 aliphatic heterocycles. The third-order valence-corrected chi connectivity index (χ3v) is 3.00. The second-order valence-corrected chi connectivity index (χ2v) is 4.43. The van der Waals surface area contributed by atoms with Gasteiger partial charge in [-0.3, -0.25) is 4.84 Å². The highest BCUT2D eigenvalue weighted by Crippen LogP contribution is 2.28. The molecular formula is C10H18F3NO. The van der Waals surface area contributed by atoms with E-state index in [4.69, 9.17) is 0 Å². The molecule has 0 spiro atoms. The molecule has 1 N–H and O–H groups in total.